The highest BCUT2D eigenvalue weighted by Gasteiger charge is 2.53. The fourth-order valence-electron chi connectivity index (χ4n) is 3.30. The first-order chi connectivity index (χ1) is 12.9. The molecular weight excluding hydrogens is 396 g/mol. The number of rotatable bonds is 4. The Balaban J connectivity index is 1.87. The number of fused-ring (bicyclic) bond motifs is 4. The number of urea groups is 1. The zero-order valence-electron chi connectivity index (χ0n) is 13.9. The van der Waals surface area contributed by atoms with E-state index in [0.29, 0.717) is 5.56 Å². The number of hydroxylamine groups is 2. The minimum atomic E-state index is -3.97. The largest absolute Gasteiger partial charge is 0.467 e. The van der Waals surface area contributed by atoms with Crippen LogP contribution >= 0.6 is 12.9 Å². The summed E-state index contributed by atoms with van der Waals surface area (Å²) < 4.78 is 36.1. The zero-order chi connectivity index (χ0) is 19.3. The number of carbonyl (C=O) groups is 2. The van der Waals surface area contributed by atoms with E-state index >= 15 is 0 Å². The molecule has 1 aromatic carbocycles. The van der Waals surface area contributed by atoms with Crippen molar-refractivity contribution in [1.82, 2.24) is 19.1 Å². The lowest BCUT2D eigenvalue weighted by molar-refractivity contribution is -0.146. The summed E-state index contributed by atoms with van der Waals surface area (Å²) in [7, 11) is -2.79. The van der Waals surface area contributed by atoms with Gasteiger partial charge in [-0.05, 0) is 12.1 Å². The summed E-state index contributed by atoms with van der Waals surface area (Å²) in [4.78, 5) is 26.0. The van der Waals surface area contributed by atoms with E-state index in [1.165, 1.54) is 30.3 Å². The highest BCUT2D eigenvalue weighted by atomic mass is 32.2. The molecule has 1 aromatic heterocycles. The molecule has 27 heavy (non-hydrogen) atoms. The van der Waals surface area contributed by atoms with Gasteiger partial charge in [-0.3, -0.25) is 0 Å². The first kappa shape index (κ1) is 17.8. The number of carbonyl (C=O) groups excluding carboxylic acids is 2. The molecule has 0 spiro atoms. The Labute approximate surface area is 159 Å². The molecular formula is C15H14N4O6S2. The summed E-state index contributed by atoms with van der Waals surface area (Å²) >= 11 is 3.69. The number of ether oxygens (including phenoxy) is 1. The van der Waals surface area contributed by atoms with Crippen molar-refractivity contribution in [2.24, 2.45) is 0 Å². The van der Waals surface area contributed by atoms with Gasteiger partial charge in [0.05, 0.1) is 18.6 Å². The van der Waals surface area contributed by atoms with Crippen LogP contribution in [0.3, 0.4) is 0 Å². The van der Waals surface area contributed by atoms with Gasteiger partial charge < -0.3 is 9.64 Å². The molecule has 0 aliphatic carbocycles. The molecule has 2 bridgehead atoms. The van der Waals surface area contributed by atoms with Crippen molar-refractivity contribution >= 4 is 34.9 Å². The summed E-state index contributed by atoms with van der Waals surface area (Å²) in [5.74, 6) is -0.730. The molecule has 0 saturated carbocycles. The van der Waals surface area contributed by atoms with E-state index in [2.05, 4.69) is 18.0 Å². The van der Waals surface area contributed by atoms with Gasteiger partial charge in [-0.2, -0.15) is 22.7 Å². The van der Waals surface area contributed by atoms with Crippen LogP contribution in [-0.4, -0.2) is 53.2 Å². The van der Waals surface area contributed by atoms with Gasteiger partial charge in [0.15, 0.2) is 6.04 Å². The highest BCUT2D eigenvalue weighted by molar-refractivity contribution is 7.89. The van der Waals surface area contributed by atoms with Crippen LogP contribution in [0.1, 0.15) is 23.3 Å². The van der Waals surface area contributed by atoms with Crippen LogP contribution in [0.25, 0.3) is 0 Å². The number of hydrogen-bond acceptors (Lipinski definition) is 8. The van der Waals surface area contributed by atoms with Gasteiger partial charge >= 0.3 is 12.0 Å². The molecule has 2 unspecified atom stereocenters. The lowest BCUT2D eigenvalue weighted by atomic mass is 9.98. The normalized spacial score (nSPS) is 21.3. The summed E-state index contributed by atoms with van der Waals surface area (Å²) in [6, 6.07) is 5.36. The van der Waals surface area contributed by atoms with Crippen molar-refractivity contribution in [3.05, 3.63) is 47.8 Å². The molecule has 3 heterocycles. The van der Waals surface area contributed by atoms with Crippen molar-refractivity contribution in [1.29, 1.82) is 0 Å². The molecule has 1 saturated heterocycles. The van der Waals surface area contributed by atoms with Crippen molar-refractivity contribution in [3.63, 3.8) is 0 Å². The average molecular weight is 410 g/mol. The van der Waals surface area contributed by atoms with Crippen molar-refractivity contribution in [2.45, 2.75) is 17.0 Å². The van der Waals surface area contributed by atoms with Gasteiger partial charge in [-0.25, -0.2) is 13.9 Å². The van der Waals surface area contributed by atoms with E-state index in [-0.39, 0.29) is 17.1 Å². The van der Waals surface area contributed by atoms with Crippen LogP contribution in [0.5, 0.6) is 0 Å². The van der Waals surface area contributed by atoms with Gasteiger partial charge in [-0.15, -0.1) is 0 Å². The molecule has 142 valence electrons. The molecule has 4 rings (SSSR count). The maximum Gasteiger partial charge on any atom is 0.346 e. The van der Waals surface area contributed by atoms with Crippen LogP contribution < -0.4 is 0 Å². The monoisotopic (exact) mass is 410 g/mol. The highest BCUT2D eigenvalue weighted by Crippen LogP contribution is 2.44. The second-order valence-corrected chi connectivity index (χ2v) is 7.90. The van der Waals surface area contributed by atoms with Crippen molar-refractivity contribution < 1.29 is 27.0 Å². The third-order valence-corrected chi connectivity index (χ3v) is 6.29. The Bertz CT molecular complexity index is 1020. The number of esters is 1. The van der Waals surface area contributed by atoms with Crippen LogP contribution in [0.2, 0.25) is 0 Å². The Kier molecular flexibility index (Phi) is 4.13. The predicted molar refractivity (Wildman–Crippen MR) is 92.8 cm³/mol. The minimum Gasteiger partial charge on any atom is -0.467 e. The van der Waals surface area contributed by atoms with E-state index in [4.69, 9.17) is 9.02 Å². The third-order valence-electron chi connectivity index (χ3n) is 4.57. The van der Waals surface area contributed by atoms with Gasteiger partial charge in [0, 0.05) is 24.7 Å². The lowest BCUT2D eigenvalue weighted by Crippen LogP contribution is -2.39. The van der Waals surface area contributed by atoms with Crippen molar-refractivity contribution in [3.8, 4) is 0 Å². The third kappa shape index (κ3) is 2.51. The Morgan fingerprint density at radius 3 is 2.63 bits per heavy atom. The van der Waals surface area contributed by atoms with Gasteiger partial charge in [-0.1, -0.05) is 18.2 Å². The fourth-order valence-corrected chi connectivity index (χ4v) is 4.65. The molecule has 1 fully saturated rings. The van der Waals surface area contributed by atoms with Crippen molar-refractivity contribution in [2.75, 3.05) is 13.7 Å². The SMILES string of the molecule is COC(=O)C1c2nn(S(=O)(=O)c3ccccc3)cc2C2CN1C(=O)N2OS. The predicted octanol–water partition coefficient (Wildman–Crippen LogP) is 0.903. The zero-order valence-corrected chi connectivity index (χ0v) is 15.6. The second-order valence-electron chi connectivity index (χ2n) is 5.94. The van der Waals surface area contributed by atoms with E-state index in [9.17, 15) is 18.0 Å². The smallest absolute Gasteiger partial charge is 0.346 e. The summed E-state index contributed by atoms with van der Waals surface area (Å²) in [6.07, 6.45) is 1.29. The maximum absolute atomic E-state index is 12.9. The van der Waals surface area contributed by atoms with Gasteiger partial charge in [0.1, 0.15) is 11.7 Å². The Morgan fingerprint density at radius 1 is 1.30 bits per heavy atom. The second kappa shape index (κ2) is 6.25. The first-order valence-corrected chi connectivity index (χ1v) is 9.60. The van der Waals surface area contributed by atoms with E-state index in [0.717, 1.165) is 9.15 Å². The minimum absolute atomic E-state index is 0.0447. The number of amides is 2. The quantitative estimate of drug-likeness (QED) is 0.453. The molecule has 2 aromatic rings. The van der Waals surface area contributed by atoms with E-state index < -0.39 is 34.1 Å². The molecule has 10 nitrogen and oxygen atoms in total. The van der Waals surface area contributed by atoms with Crippen LogP contribution in [-0.2, 0) is 23.8 Å². The standard InChI is InChI=1S/C15H14N4O6S2/c1-24-14(20)13-12-10(11-8-17(13)15(21)19(11)25-26)7-18(16-12)27(22,23)9-5-3-2-4-6-9/h2-7,11,13,26H,8H2,1H3. The lowest BCUT2D eigenvalue weighted by Gasteiger charge is -2.27. The molecule has 2 aliphatic rings. The molecule has 0 radical (unpaired) electrons. The van der Waals surface area contributed by atoms with E-state index in [1.54, 1.807) is 18.2 Å². The first-order valence-electron chi connectivity index (χ1n) is 7.79. The maximum atomic E-state index is 12.9. The Hall–Kier alpha value is -2.57. The summed E-state index contributed by atoms with van der Waals surface area (Å²) in [6.45, 7) is 0.114. The molecule has 2 atom stereocenters. The van der Waals surface area contributed by atoms with E-state index in [1.807, 2.05) is 0 Å². The number of thiol groups is 1. The number of hydrogen-bond donors (Lipinski definition) is 1. The number of aromatic nitrogens is 2. The summed E-state index contributed by atoms with van der Waals surface area (Å²) in [5.41, 5.74) is 0.500. The van der Waals surface area contributed by atoms with Gasteiger partial charge in [0.25, 0.3) is 10.0 Å². The van der Waals surface area contributed by atoms with Crippen LogP contribution in [0, 0.1) is 0 Å². The fraction of sp³-hybridized carbons (Fsp3) is 0.267. The molecule has 0 N–H and O–H groups in total. The topological polar surface area (TPSA) is 111 Å². The average Bonchev–Trinajstić information content (AvgIpc) is 3.24. The number of benzene rings is 1. The van der Waals surface area contributed by atoms with Crippen LogP contribution in [0.4, 0.5) is 4.79 Å². The number of methoxy groups -OCH3 is 1. The van der Waals surface area contributed by atoms with Gasteiger partial charge in [0.2, 0.25) is 0 Å². The molecule has 12 heteroatoms. The Morgan fingerprint density at radius 2 is 2.00 bits per heavy atom. The molecule has 2 amide bonds. The molecule has 2 aliphatic heterocycles. The van der Waals surface area contributed by atoms with Crippen LogP contribution in [0.15, 0.2) is 41.4 Å². The summed E-state index contributed by atoms with van der Waals surface area (Å²) in [5, 5.41) is 5.08. The number of nitrogens with zero attached hydrogens (tertiary/aromatic N) is 4.